The summed E-state index contributed by atoms with van der Waals surface area (Å²) in [5.74, 6) is 2.55. The van der Waals surface area contributed by atoms with Gasteiger partial charge in [-0.2, -0.15) is 0 Å². The van der Waals surface area contributed by atoms with Gasteiger partial charge in [0, 0.05) is 18.7 Å². The lowest BCUT2D eigenvalue weighted by atomic mass is 10.1. The van der Waals surface area contributed by atoms with Gasteiger partial charge in [0.1, 0.15) is 17.3 Å². The third kappa shape index (κ3) is 5.45. The maximum Gasteiger partial charge on any atom is 0.138 e. The van der Waals surface area contributed by atoms with Crippen LogP contribution in [0.2, 0.25) is 5.15 Å². The molecule has 20 heavy (non-hydrogen) atoms. The van der Waals surface area contributed by atoms with E-state index in [0.717, 1.165) is 37.3 Å². The van der Waals surface area contributed by atoms with Gasteiger partial charge in [0.25, 0.3) is 0 Å². The lowest BCUT2D eigenvalue weighted by Crippen LogP contribution is -2.29. The third-order valence-corrected chi connectivity index (χ3v) is 3.85. The van der Waals surface area contributed by atoms with Crippen LogP contribution in [-0.4, -0.2) is 23.1 Å². The van der Waals surface area contributed by atoms with Crippen molar-refractivity contribution < 1.29 is 0 Å². The van der Waals surface area contributed by atoms with Crippen LogP contribution >= 0.6 is 23.2 Å². The summed E-state index contributed by atoms with van der Waals surface area (Å²) in [6, 6.07) is 0. The van der Waals surface area contributed by atoms with Gasteiger partial charge in [0.2, 0.25) is 0 Å². The summed E-state index contributed by atoms with van der Waals surface area (Å²) in [5, 5.41) is 0.462. The molecule has 1 heterocycles. The molecule has 0 unspecified atom stereocenters. The molecule has 3 nitrogen and oxygen atoms in total. The Balaban J connectivity index is 2.93. The summed E-state index contributed by atoms with van der Waals surface area (Å²) in [5.41, 5.74) is 0.836. The monoisotopic (exact) mass is 317 g/mol. The average Bonchev–Trinajstić information content (AvgIpc) is 2.38. The summed E-state index contributed by atoms with van der Waals surface area (Å²) in [6.45, 7) is 10.9. The van der Waals surface area contributed by atoms with Gasteiger partial charge >= 0.3 is 0 Å². The van der Waals surface area contributed by atoms with E-state index in [4.69, 9.17) is 23.2 Å². The minimum atomic E-state index is 0.342. The molecule has 0 N–H and O–H groups in total. The predicted molar refractivity (Wildman–Crippen MR) is 87.7 cm³/mol. The molecule has 0 spiro atoms. The fraction of sp³-hybridized carbons (Fsp3) is 0.733. The van der Waals surface area contributed by atoms with Crippen molar-refractivity contribution in [2.24, 2.45) is 11.8 Å². The fourth-order valence-electron chi connectivity index (χ4n) is 1.92. The van der Waals surface area contributed by atoms with Crippen molar-refractivity contribution in [3.63, 3.8) is 0 Å². The first-order valence-electron chi connectivity index (χ1n) is 7.26. The molecule has 114 valence electrons. The second kappa shape index (κ2) is 8.68. The van der Waals surface area contributed by atoms with Gasteiger partial charge in [-0.1, -0.05) is 39.3 Å². The quantitative estimate of drug-likeness (QED) is 0.511. The van der Waals surface area contributed by atoms with Crippen molar-refractivity contribution in [3.8, 4) is 0 Å². The second-order valence-corrected chi connectivity index (χ2v) is 6.58. The smallest absolute Gasteiger partial charge is 0.138 e. The van der Waals surface area contributed by atoms with E-state index in [1.54, 1.807) is 0 Å². The molecule has 0 saturated carbocycles. The maximum atomic E-state index is 6.14. The molecule has 0 radical (unpaired) electrons. The van der Waals surface area contributed by atoms with Crippen molar-refractivity contribution in [2.75, 3.05) is 18.0 Å². The molecule has 0 saturated heterocycles. The van der Waals surface area contributed by atoms with Crippen LogP contribution in [0.15, 0.2) is 6.33 Å². The van der Waals surface area contributed by atoms with E-state index < -0.39 is 0 Å². The standard InChI is InChI=1S/C15H25Cl2N3/c1-11(2)5-7-20(8-6-12(3)4)15-13(9-16)14(17)18-10-19-15/h10-12H,5-9H2,1-4H3. The Bertz CT molecular complexity index is 396. The number of aromatic nitrogens is 2. The lowest BCUT2D eigenvalue weighted by molar-refractivity contribution is 0.532. The van der Waals surface area contributed by atoms with E-state index in [9.17, 15) is 0 Å². The summed E-state index contributed by atoms with van der Waals surface area (Å²) < 4.78 is 0. The van der Waals surface area contributed by atoms with Crippen molar-refractivity contribution in [1.29, 1.82) is 0 Å². The molecule has 0 aromatic carbocycles. The first kappa shape index (κ1) is 17.5. The van der Waals surface area contributed by atoms with Gasteiger partial charge in [-0.15, -0.1) is 11.6 Å². The molecular weight excluding hydrogens is 293 g/mol. The molecule has 0 fully saturated rings. The highest BCUT2D eigenvalue weighted by molar-refractivity contribution is 6.31. The number of rotatable bonds is 8. The first-order chi connectivity index (χ1) is 9.45. The Morgan fingerprint density at radius 3 is 2.05 bits per heavy atom. The number of alkyl halides is 1. The summed E-state index contributed by atoms with van der Waals surface area (Å²) in [6.07, 6.45) is 3.77. The van der Waals surface area contributed by atoms with Crippen LogP contribution in [0.1, 0.15) is 46.1 Å². The molecule has 0 aliphatic rings. The zero-order valence-electron chi connectivity index (χ0n) is 12.9. The topological polar surface area (TPSA) is 29.0 Å². The average molecular weight is 318 g/mol. The van der Waals surface area contributed by atoms with Gasteiger partial charge in [-0.25, -0.2) is 9.97 Å². The van der Waals surface area contributed by atoms with E-state index in [1.165, 1.54) is 6.33 Å². The van der Waals surface area contributed by atoms with Crippen LogP contribution in [0.5, 0.6) is 0 Å². The summed E-state index contributed by atoms with van der Waals surface area (Å²) in [7, 11) is 0. The predicted octanol–water partition coefficient (Wildman–Crippen LogP) is 4.77. The number of hydrogen-bond acceptors (Lipinski definition) is 3. The Morgan fingerprint density at radius 1 is 1.05 bits per heavy atom. The molecule has 1 aromatic heterocycles. The molecule has 5 heteroatoms. The Labute approximate surface area is 132 Å². The maximum absolute atomic E-state index is 6.14. The normalized spacial score (nSPS) is 11.4. The van der Waals surface area contributed by atoms with Crippen LogP contribution in [0.25, 0.3) is 0 Å². The Hall–Kier alpha value is -0.540. The summed E-state index contributed by atoms with van der Waals surface area (Å²) in [4.78, 5) is 10.7. The van der Waals surface area contributed by atoms with Crippen LogP contribution < -0.4 is 4.90 Å². The largest absolute Gasteiger partial charge is 0.356 e. The highest BCUT2D eigenvalue weighted by atomic mass is 35.5. The van der Waals surface area contributed by atoms with E-state index in [2.05, 4.69) is 42.6 Å². The van der Waals surface area contributed by atoms with Crippen LogP contribution in [0.3, 0.4) is 0 Å². The molecule has 1 rings (SSSR count). The third-order valence-electron chi connectivity index (χ3n) is 3.26. The van der Waals surface area contributed by atoms with Crippen molar-refractivity contribution in [2.45, 2.75) is 46.4 Å². The van der Waals surface area contributed by atoms with Gasteiger partial charge in [0.05, 0.1) is 5.88 Å². The lowest BCUT2D eigenvalue weighted by Gasteiger charge is -2.27. The van der Waals surface area contributed by atoms with Crippen molar-refractivity contribution in [1.82, 2.24) is 9.97 Å². The first-order valence-corrected chi connectivity index (χ1v) is 8.17. The van der Waals surface area contributed by atoms with Gasteiger partial charge < -0.3 is 4.90 Å². The number of hydrogen-bond donors (Lipinski definition) is 0. The molecule has 0 aliphatic carbocycles. The van der Waals surface area contributed by atoms with E-state index in [0.29, 0.717) is 22.9 Å². The van der Waals surface area contributed by atoms with Crippen LogP contribution in [-0.2, 0) is 5.88 Å². The van der Waals surface area contributed by atoms with E-state index in [-0.39, 0.29) is 0 Å². The highest BCUT2D eigenvalue weighted by Gasteiger charge is 2.16. The van der Waals surface area contributed by atoms with E-state index >= 15 is 0 Å². The molecule has 0 amide bonds. The van der Waals surface area contributed by atoms with Crippen LogP contribution in [0.4, 0.5) is 5.82 Å². The van der Waals surface area contributed by atoms with Gasteiger partial charge in [-0.05, 0) is 24.7 Å². The minimum Gasteiger partial charge on any atom is -0.356 e. The molecule has 0 bridgehead atoms. The van der Waals surface area contributed by atoms with E-state index in [1.807, 2.05) is 0 Å². The number of anilines is 1. The second-order valence-electron chi connectivity index (χ2n) is 5.95. The zero-order valence-corrected chi connectivity index (χ0v) is 14.4. The zero-order chi connectivity index (χ0) is 15.1. The van der Waals surface area contributed by atoms with Crippen molar-refractivity contribution in [3.05, 3.63) is 17.0 Å². The minimum absolute atomic E-state index is 0.342. The summed E-state index contributed by atoms with van der Waals surface area (Å²) >= 11 is 12.2. The molecule has 0 atom stereocenters. The van der Waals surface area contributed by atoms with Crippen molar-refractivity contribution >= 4 is 29.0 Å². The number of nitrogens with zero attached hydrogens (tertiary/aromatic N) is 3. The van der Waals surface area contributed by atoms with Crippen LogP contribution in [0, 0.1) is 11.8 Å². The molecule has 1 aromatic rings. The highest BCUT2D eigenvalue weighted by Crippen LogP contribution is 2.26. The van der Waals surface area contributed by atoms with Gasteiger partial charge in [0.15, 0.2) is 0 Å². The number of halogens is 2. The molecule has 0 aliphatic heterocycles. The molecular formula is C15H25Cl2N3. The Kier molecular flexibility index (Phi) is 7.60. The Morgan fingerprint density at radius 2 is 1.60 bits per heavy atom. The SMILES string of the molecule is CC(C)CCN(CCC(C)C)c1ncnc(Cl)c1CCl. The van der Waals surface area contributed by atoms with Gasteiger partial charge in [-0.3, -0.25) is 0 Å². The fourth-order valence-corrected chi connectivity index (χ4v) is 2.43.